The van der Waals surface area contributed by atoms with E-state index in [4.69, 9.17) is 28.5 Å². The van der Waals surface area contributed by atoms with Crippen molar-refractivity contribution in [2.24, 2.45) is 0 Å². The zero-order valence-corrected chi connectivity index (χ0v) is 16.4. The number of rotatable bonds is 5. The third kappa shape index (κ3) is 5.02. The minimum absolute atomic E-state index is 0.0986. The summed E-state index contributed by atoms with van der Waals surface area (Å²) in [7, 11) is 0. The van der Waals surface area contributed by atoms with E-state index in [1.807, 2.05) is 11.0 Å². The molecule has 0 spiro atoms. The summed E-state index contributed by atoms with van der Waals surface area (Å²) in [4.78, 5) is 26.9. The lowest BCUT2D eigenvalue weighted by atomic mass is 10.2. The summed E-state index contributed by atoms with van der Waals surface area (Å²) >= 11 is 12.1. The molecular formula is C20H18Cl2N4O2. The number of hydrogen-bond acceptors (Lipinski definition) is 4. The molecule has 2 amide bonds. The number of benzene rings is 2. The number of anilines is 2. The number of nitriles is 1. The molecule has 1 atom stereocenters. The number of hydrogen-bond donors (Lipinski definition) is 2. The van der Waals surface area contributed by atoms with Crippen LogP contribution in [0.25, 0.3) is 0 Å². The van der Waals surface area contributed by atoms with Crippen molar-refractivity contribution in [3.8, 4) is 6.07 Å². The van der Waals surface area contributed by atoms with E-state index in [0.717, 1.165) is 6.42 Å². The van der Waals surface area contributed by atoms with E-state index in [-0.39, 0.29) is 18.4 Å². The van der Waals surface area contributed by atoms with Crippen LogP contribution in [0.2, 0.25) is 10.0 Å². The molecule has 2 aromatic rings. The number of halogens is 2. The Morgan fingerprint density at radius 2 is 1.89 bits per heavy atom. The van der Waals surface area contributed by atoms with Crippen LogP contribution in [0.15, 0.2) is 42.5 Å². The van der Waals surface area contributed by atoms with Gasteiger partial charge >= 0.3 is 0 Å². The lowest BCUT2D eigenvalue weighted by Crippen LogP contribution is -2.43. The number of amides is 2. The van der Waals surface area contributed by atoms with Gasteiger partial charge in [-0.3, -0.25) is 14.5 Å². The van der Waals surface area contributed by atoms with Gasteiger partial charge in [0.25, 0.3) is 0 Å². The Morgan fingerprint density at radius 1 is 1.14 bits per heavy atom. The number of carbonyl (C=O) groups excluding carboxylic acids is 2. The zero-order chi connectivity index (χ0) is 20.1. The van der Waals surface area contributed by atoms with E-state index in [2.05, 4.69) is 10.6 Å². The summed E-state index contributed by atoms with van der Waals surface area (Å²) in [6.07, 6.45) is 1.49. The third-order valence-corrected chi connectivity index (χ3v) is 5.06. The standard InChI is InChI=1S/C20H18Cl2N4O2/c21-14-5-8-16(22)17(10-14)25-20(28)18-2-1-9-26(18)12-19(27)24-15-6-3-13(11-23)4-7-15/h3-8,10,18H,1-2,9,12H2,(H,24,27)(H,25,28). The monoisotopic (exact) mass is 416 g/mol. The molecule has 2 N–H and O–H groups in total. The minimum Gasteiger partial charge on any atom is -0.325 e. The highest BCUT2D eigenvalue weighted by Crippen LogP contribution is 2.27. The first kappa shape index (κ1) is 20.2. The number of nitrogens with zero attached hydrogens (tertiary/aromatic N) is 2. The largest absolute Gasteiger partial charge is 0.325 e. The molecule has 1 saturated heterocycles. The fraction of sp³-hybridized carbons (Fsp3) is 0.250. The van der Waals surface area contributed by atoms with Gasteiger partial charge in [0.15, 0.2) is 0 Å². The first-order valence-corrected chi connectivity index (χ1v) is 9.52. The molecule has 1 aliphatic heterocycles. The Kier molecular flexibility index (Phi) is 6.53. The fourth-order valence-corrected chi connectivity index (χ4v) is 3.47. The Balaban J connectivity index is 1.60. The van der Waals surface area contributed by atoms with Crippen LogP contribution in [-0.2, 0) is 9.59 Å². The lowest BCUT2D eigenvalue weighted by Gasteiger charge is -2.23. The zero-order valence-electron chi connectivity index (χ0n) is 14.9. The van der Waals surface area contributed by atoms with E-state index >= 15 is 0 Å². The van der Waals surface area contributed by atoms with E-state index in [1.165, 1.54) is 0 Å². The van der Waals surface area contributed by atoms with Gasteiger partial charge in [0.2, 0.25) is 11.8 Å². The molecule has 2 aromatic carbocycles. The quantitative estimate of drug-likeness (QED) is 0.773. The molecule has 0 aliphatic carbocycles. The second kappa shape index (κ2) is 9.07. The molecule has 8 heteroatoms. The van der Waals surface area contributed by atoms with Crippen LogP contribution in [0, 0.1) is 11.3 Å². The predicted octanol–water partition coefficient (Wildman–Crippen LogP) is 3.91. The maximum atomic E-state index is 12.7. The first-order chi connectivity index (χ1) is 13.5. The van der Waals surface area contributed by atoms with Crippen molar-refractivity contribution in [1.29, 1.82) is 5.26 Å². The van der Waals surface area contributed by atoms with Gasteiger partial charge in [-0.25, -0.2) is 0 Å². The first-order valence-electron chi connectivity index (χ1n) is 8.76. The fourth-order valence-electron chi connectivity index (χ4n) is 3.13. The summed E-state index contributed by atoms with van der Waals surface area (Å²) < 4.78 is 0. The average Bonchev–Trinajstić information content (AvgIpc) is 3.13. The van der Waals surface area contributed by atoms with Crippen LogP contribution in [0.5, 0.6) is 0 Å². The highest BCUT2D eigenvalue weighted by Gasteiger charge is 2.32. The van der Waals surface area contributed by atoms with Gasteiger partial charge in [-0.15, -0.1) is 0 Å². The summed E-state index contributed by atoms with van der Waals surface area (Å²) in [5.41, 5.74) is 1.58. The lowest BCUT2D eigenvalue weighted by molar-refractivity contribution is -0.122. The molecule has 0 saturated carbocycles. The maximum absolute atomic E-state index is 12.7. The van der Waals surface area contributed by atoms with Gasteiger partial charge in [-0.05, 0) is 61.9 Å². The van der Waals surface area contributed by atoms with Gasteiger partial charge in [0, 0.05) is 10.7 Å². The van der Waals surface area contributed by atoms with Gasteiger partial charge in [0.1, 0.15) is 0 Å². The van der Waals surface area contributed by atoms with Gasteiger partial charge in [-0.2, -0.15) is 5.26 Å². The highest BCUT2D eigenvalue weighted by atomic mass is 35.5. The molecule has 0 aromatic heterocycles. The molecule has 1 unspecified atom stereocenters. The highest BCUT2D eigenvalue weighted by molar-refractivity contribution is 6.35. The maximum Gasteiger partial charge on any atom is 0.241 e. The van der Waals surface area contributed by atoms with E-state index in [9.17, 15) is 9.59 Å². The van der Waals surface area contributed by atoms with Crippen LogP contribution >= 0.6 is 23.2 Å². The summed E-state index contributed by atoms with van der Waals surface area (Å²) in [6, 6.07) is 13.1. The molecule has 28 heavy (non-hydrogen) atoms. The molecule has 0 radical (unpaired) electrons. The summed E-state index contributed by atoms with van der Waals surface area (Å²) in [5, 5.41) is 15.3. The SMILES string of the molecule is N#Cc1ccc(NC(=O)CN2CCCC2C(=O)Nc2cc(Cl)ccc2Cl)cc1. The topological polar surface area (TPSA) is 85.2 Å². The molecule has 1 aliphatic rings. The third-order valence-electron chi connectivity index (χ3n) is 4.50. The van der Waals surface area contributed by atoms with Crippen LogP contribution in [0.4, 0.5) is 11.4 Å². The number of likely N-dealkylation sites (tertiary alicyclic amines) is 1. The predicted molar refractivity (Wildman–Crippen MR) is 109 cm³/mol. The second-order valence-corrected chi connectivity index (χ2v) is 7.32. The molecule has 1 fully saturated rings. The van der Waals surface area contributed by atoms with Crippen LogP contribution in [-0.4, -0.2) is 35.8 Å². The van der Waals surface area contributed by atoms with Gasteiger partial charge in [0.05, 0.1) is 34.9 Å². The van der Waals surface area contributed by atoms with Crippen molar-refractivity contribution in [3.05, 3.63) is 58.1 Å². The minimum atomic E-state index is -0.415. The Morgan fingerprint density at radius 3 is 2.61 bits per heavy atom. The average molecular weight is 417 g/mol. The van der Waals surface area contributed by atoms with Crippen molar-refractivity contribution in [1.82, 2.24) is 4.90 Å². The van der Waals surface area contributed by atoms with Crippen LogP contribution in [0.1, 0.15) is 18.4 Å². The van der Waals surface area contributed by atoms with Crippen molar-refractivity contribution in [2.75, 3.05) is 23.7 Å². The Labute approximate surface area is 173 Å². The van der Waals surface area contributed by atoms with Gasteiger partial charge in [-0.1, -0.05) is 23.2 Å². The van der Waals surface area contributed by atoms with E-state index in [1.54, 1.807) is 42.5 Å². The van der Waals surface area contributed by atoms with Crippen LogP contribution in [0.3, 0.4) is 0 Å². The molecular weight excluding hydrogens is 399 g/mol. The molecule has 0 bridgehead atoms. The van der Waals surface area contributed by atoms with Crippen molar-refractivity contribution < 1.29 is 9.59 Å². The molecule has 6 nitrogen and oxygen atoms in total. The Hall–Kier alpha value is -2.59. The van der Waals surface area contributed by atoms with Crippen LogP contribution < -0.4 is 10.6 Å². The van der Waals surface area contributed by atoms with E-state index in [0.29, 0.717) is 39.9 Å². The smallest absolute Gasteiger partial charge is 0.241 e. The molecule has 3 rings (SSSR count). The molecule has 144 valence electrons. The van der Waals surface area contributed by atoms with Crippen molar-refractivity contribution >= 4 is 46.4 Å². The summed E-state index contributed by atoms with van der Waals surface area (Å²) in [5.74, 6) is -0.432. The van der Waals surface area contributed by atoms with Crippen molar-refractivity contribution in [3.63, 3.8) is 0 Å². The molecule has 1 heterocycles. The summed E-state index contributed by atoms with van der Waals surface area (Å²) in [6.45, 7) is 0.753. The number of carbonyl (C=O) groups is 2. The van der Waals surface area contributed by atoms with Gasteiger partial charge < -0.3 is 10.6 Å². The normalized spacial score (nSPS) is 16.4. The van der Waals surface area contributed by atoms with Crippen molar-refractivity contribution in [2.45, 2.75) is 18.9 Å². The Bertz CT molecular complexity index is 925. The van der Waals surface area contributed by atoms with E-state index < -0.39 is 6.04 Å². The number of nitrogens with one attached hydrogen (secondary N) is 2. The second-order valence-electron chi connectivity index (χ2n) is 6.48.